The zero-order valence-electron chi connectivity index (χ0n) is 15.6. The highest BCUT2D eigenvalue weighted by atomic mass is 19.4. The molecular weight excluding hydrogens is 401 g/mol. The predicted octanol–water partition coefficient (Wildman–Crippen LogP) is 2.83. The molecular formula is C20H17F3N4O3. The molecule has 4 rings (SSSR count). The third-order valence-electron chi connectivity index (χ3n) is 5.25. The highest BCUT2D eigenvalue weighted by molar-refractivity contribution is 6.21. The van der Waals surface area contributed by atoms with E-state index in [1.807, 2.05) is 0 Å². The highest BCUT2D eigenvalue weighted by Crippen LogP contribution is 2.35. The monoisotopic (exact) mass is 418 g/mol. The van der Waals surface area contributed by atoms with Gasteiger partial charge < -0.3 is 10.2 Å². The summed E-state index contributed by atoms with van der Waals surface area (Å²) in [6.07, 6.45) is -0.982. The molecule has 0 spiro atoms. The van der Waals surface area contributed by atoms with Gasteiger partial charge >= 0.3 is 12.2 Å². The Morgan fingerprint density at radius 3 is 2.57 bits per heavy atom. The minimum Gasteiger partial charge on any atom is -0.349 e. The first-order valence-corrected chi connectivity index (χ1v) is 9.28. The fourth-order valence-electron chi connectivity index (χ4n) is 3.76. The van der Waals surface area contributed by atoms with Crippen LogP contribution in [0.2, 0.25) is 0 Å². The maximum Gasteiger partial charge on any atom is 0.416 e. The number of fused-ring (bicyclic) bond motifs is 1. The van der Waals surface area contributed by atoms with E-state index in [0.29, 0.717) is 12.0 Å². The fraction of sp³-hybridized carbons (Fsp3) is 0.300. The summed E-state index contributed by atoms with van der Waals surface area (Å²) in [6.45, 7) is 0.214. The van der Waals surface area contributed by atoms with Crippen molar-refractivity contribution in [2.75, 3.05) is 11.4 Å². The van der Waals surface area contributed by atoms with Crippen molar-refractivity contribution in [3.63, 3.8) is 0 Å². The number of benzene rings is 1. The average molecular weight is 418 g/mol. The third kappa shape index (κ3) is 3.60. The normalized spacial score (nSPS) is 21.6. The SMILES string of the molecule is O=C(N[C@H]1CCN2C(=O)N(c3cccc(C(F)(F)F)c3)C(=O)[C@H]2C1)c1ccncc1. The number of halogens is 3. The predicted molar refractivity (Wildman–Crippen MR) is 99.5 cm³/mol. The number of piperidine rings is 1. The number of rotatable bonds is 3. The van der Waals surface area contributed by atoms with Crippen LogP contribution in [0.3, 0.4) is 0 Å². The van der Waals surface area contributed by atoms with Gasteiger partial charge in [0.2, 0.25) is 0 Å². The number of imide groups is 1. The molecule has 30 heavy (non-hydrogen) atoms. The lowest BCUT2D eigenvalue weighted by atomic mass is 9.97. The van der Waals surface area contributed by atoms with Crippen LogP contribution in [0.4, 0.5) is 23.7 Å². The summed E-state index contributed by atoms with van der Waals surface area (Å²) in [7, 11) is 0. The first kappa shape index (κ1) is 19.9. The molecule has 2 fully saturated rings. The van der Waals surface area contributed by atoms with Gasteiger partial charge in [-0.3, -0.25) is 14.6 Å². The zero-order chi connectivity index (χ0) is 21.5. The summed E-state index contributed by atoms with van der Waals surface area (Å²) >= 11 is 0. The second-order valence-corrected chi connectivity index (χ2v) is 7.14. The van der Waals surface area contributed by atoms with E-state index in [1.165, 1.54) is 23.4 Å². The minimum absolute atomic E-state index is 0.119. The second-order valence-electron chi connectivity index (χ2n) is 7.14. The van der Waals surface area contributed by atoms with E-state index < -0.39 is 29.7 Å². The van der Waals surface area contributed by atoms with Gasteiger partial charge in [0.25, 0.3) is 11.8 Å². The highest BCUT2D eigenvalue weighted by Gasteiger charge is 2.49. The summed E-state index contributed by atoms with van der Waals surface area (Å²) in [5.74, 6) is -0.912. The maximum absolute atomic E-state index is 13.0. The molecule has 4 amide bonds. The summed E-state index contributed by atoms with van der Waals surface area (Å²) in [6, 6.07) is 5.43. The number of pyridine rings is 1. The Balaban J connectivity index is 1.51. The van der Waals surface area contributed by atoms with E-state index in [1.54, 1.807) is 12.1 Å². The molecule has 2 aromatic rings. The molecule has 7 nitrogen and oxygen atoms in total. The number of nitrogens with zero attached hydrogens (tertiary/aromatic N) is 3. The van der Waals surface area contributed by atoms with Gasteiger partial charge in [-0.15, -0.1) is 0 Å². The summed E-state index contributed by atoms with van der Waals surface area (Å²) < 4.78 is 39.0. The molecule has 2 aliphatic rings. The van der Waals surface area contributed by atoms with Gasteiger partial charge in [-0.2, -0.15) is 13.2 Å². The van der Waals surface area contributed by atoms with Crippen molar-refractivity contribution in [3.8, 4) is 0 Å². The summed E-state index contributed by atoms with van der Waals surface area (Å²) in [4.78, 5) is 43.9. The number of carbonyl (C=O) groups excluding carboxylic acids is 3. The largest absolute Gasteiger partial charge is 0.416 e. The first-order chi connectivity index (χ1) is 14.3. The lowest BCUT2D eigenvalue weighted by molar-refractivity contribution is -0.137. The van der Waals surface area contributed by atoms with Crippen LogP contribution in [0, 0.1) is 0 Å². The van der Waals surface area contributed by atoms with Crippen LogP contribution in [-0.2, 0) is 11.0 Å². The number of nitrogens with one attached hydrogen (secondary N) is 1. The van der Waals surface area contributed by atoms with E-state index in [4.69, 9.17) is 0 Å². The van der Waals surface area contributed by atoms with E-state index in [-0.39, 0.29) is 30.6 Å². The number of amides is 4. The van der Waals surface area contributed by atoms with Crippen LogP contribution in [0.1, 0.15) is 28.8 Å². The number of alkyl halides is 3. The summed E-state index contributed by atoms with van der Waals surface area (Å²) in [5.41, 5.74) is -0.633. The van der Waals surface area contributed by atoms with Gasteiger partial charge in [-0.25, -0.2) is 9.69 Å². The fourth-order valence-corrected chi connectivity index (χ4v) is 3.76. The quantitative estimate of drug-likeness (QED) is 0.778. The van der Waals surface area contributed by atoms with Crippen LogP contribution in [0.15, 0.2) is 48.8 Å². The van der Waals surface area contributed by atoms with Crippen LogP contribution < -0.4 is 10.2 Å². The Labute approximate surface area is 169 Å². The lowest BCUT2D eigenvalue weighted by Crippen LogP contribution is -2.49. The van der Waals surface area contributed by atoms with Gasteiger partial charge in [0.15, 0.2) is 0 Å². The number of hydrogen-bond acceptors (Lipinski definition) is 4. The molecule has 2 atom stereocenters. The van der Waals surface area contributed by atoms with Crippen molar-refractivity contribution >= 4 is 23.5 Å². The van der Waals surface area contributed by atoms with Gasteiger partial charge in [0, 0.05) is 30.5 Å². The molecule has 0 saturated carbocycles. The second kappa shape index (κ2) is 7.43. The van der Waals surface area contributed by atoms with Gasteiger partial charge in [0.05, 0.1) is 11.3 Å². The van der Waals surface area contributed by atoms with Crippen LogP contribution in [-0.4, -0.2) is 46.4 Å². The van der Waals surface area contributed by atoms with Crippen LogP contribution in [0.5, 0.6) is 0 Å². The molecule has 2 saturated heterocycles. The van der Waals surface area contributed by atoms with E-state index in [9.17, 15) is 27.6 Å². The summed E-state index contributed by atoms with van der Waals surface area (Å²) in [5, 5.41) is 2.84. The van der Waals surface area contributed by atoms with Crippen molar-refractivity contribution in [2.45, 2.75) is 31.1 Å². The molecule has 1 N–H and O–H groups in total. The van der Waals surface area contributed by atoms with E-state index in [0.717, 1.165) is 23.1 Å². The van der Waals surface area contributed by atoms with Gasteiger partial charge in [-0.1, -0.05) is 6.07 Å². The van der Waals surface area contributed by atoms with Crippen molar-refractivity contribution in [3.05, 3.63) is 59.9 Å². The topological polar surface area (TPSA) is 82.6 Å². The number of carbonyl (C=O) groups is 3. The average Bonchev–Trinajstić information content (AvgIpc) is 2.98. The van der Waals surface area contributed by atoms with Crippen molar-refractivity contribution in [2.24, 2.45) is 0 Å². The molecule has 0 aliphatic carbocycles. The molecule has 3 heterocycles. The van der Waals surface area contributed by atoms with Crippen LogP contribution in [0.25, 0.3) is 0 Å². The minimum atomic E-state index is -4.59. The Morgan fingerprint density at radius 2 is 1.87 bits per heavy atom. The Kier molecular flexibility index (Phi) is 4.92. The number of urea groups is 1. The molecule has 0 radical (unpaired) electrons. The third-order valence-corrected chi connectivity index (χ3v) is 5.25. The molecule has 10 heteroatoms. The molecule has 2 aliphatic heterocycles. The standard InChI is InChI=1S/C20H17F3N4O3/c21-20(22,23)13-2-1-3-15(10-13)27-18(29)16-11-14(6-9-26(16)19(27)30)25-17(28)12-4-7-24-8-5-12/h1-5,7-8,10,14,16H,6,9,11H2,(H,25,28)/t14-,16+/m0/s1. The van der Waals surface area contributed by atoms with Crippen LogP contribution >= 0.6 is 0 Å². The smallest absolute Gasteiger partial charge is 0.349 e. The van der Waals surface area contributed by atoms with Crippen molar-refractivity contribution < 1.29 is 27.6 Å². The maximum atomic E-state index is 13.0. The molecule has 156 valence electrons. The Morgan fingerprint density at radius 1 is 1.13 bits per heavy atom. The number of aromatic nitrogens is 1. The number of anilines is 1. The molecule has 0 bridgehead atoms. The Hall–Kier alpha value is -3.43. The van der Waals surface area contributed by atoms with Gasteiger partial charge in [0.1, 0.15) is 6.04 Å². The van der Waals surface area contributed by atoms with E-state index >= 15 is 0 Å². The molecule has 1 aromatic carbocycles. The lowest BCUT2D eigenvalue weighted by Gasteiger charge is -2.32. The first-order valence-electron chi connectivity index (χ1n) is 9.28. The van der Waals surface area contributed by atoms with Crippen molar-refractivity contribution in [1.29, 1.82) is 0 Å². The number of hydrogen-bond donors (Lipinski definition) is 1. The van der Waals surface area contributed by atoms with Crippen molar-refractivity contribution in [1.82, 2.24) is 15.2 Å². The molecule has 1 aromatic heterocycles. The van der Waals surface area contributed by atoms with E-state index in [2.05, 4.69) is 10.3 Å². The Bertz CT molecular complexity index is 996. The van der Waals surface area contributed by atoms with Gasteiger partial charge in [-0.05, 0) is 43.2 Å². The molecule has 0 unspecified atom stereocenters. The zero-order valence-corrected chi connectivity index (χ0v) is 15.6.